The predicted molar refractivity (Wildman–Crippen MR) is 96.1 cm³/mol. The van der Waals surface area contributed by atoms with Crippen molar-refractivity contribution >= 4 is 28.6 Å². The fraction of sp³-hybridized carbons (Fsp3) is 0.176. The zero-order valence-electron chi connectivity index (χ0n) is 14.2. The molecule has 1 aromatic carbocycles. The summed E-state index contributed by atoms with van der Waals surface area (Å²) in [5.41, 5.74) is 3.06. The van der Waals surface area contributed by atoms with Gasteiger partial charge in [0, 0.05) is 34.1 Å². The fourth-order valence-electron chi connectivity index (χ4n) is 2.56. The van der Waals surface area contributed by atoms with Crippen molar-refractivity contribution in [3.63, 3.8) is 0 Å². The van der Waals surface area contributed by atoms with Crippen LogP contribution in [0.4, 0.5) is 24.7 Å². The molecule has 0 aliphatic rings. The molecular weight excluding hydrogens is 377 g/mol. The van der Waals surface area contributed by atoms with E-state index in [0.29, 0.717) is 17.2 Å². The summed E-state index contributed by atoms with van der Waals surface area (Å²) in [6.07, 6.45) is -4.64. The Hall–Kier alpha value is -3.01. The van der Waals surface area contributed by atoms with E-state index in [-0.39, 0.29) is 5.78 Å². The van der Waals surface area contributed by atoms with Gasteiger partial charge in [-0.15, -0.1) is 16.4 Å². The lowest BCUT2D eigenvalue weighted by Crippen LogP contribution is -2.08. The summed E-state index contributed by atoms with van der Waals surface area (Å²) in [5, 5.41) is 9.48. The van der Waals surface area contributed by atoms with Gasteiger partial charge in [-0.05, 0) is 26.0 Å². The number of alkyl halides is 3. The lowest BCUT2D eigenvalue weighted by Gasteiger charge is -2.09. The number of fused-ring (bicyclic) bond motifs is 1. The second kappa shape index (κ2) is 6.31. The molecule has 0 fully saturated rings. The summed E-state index contributed by atoms with van der Waals surface area (Å²) in [4.78, 5) is 12.0. The molecule has 3 aromatic heterocycles. The van der Waals surface area contributed by atoms with Gasteiger partial charge in [-0.1, -0.05) is 12.1 Å². The molecule has 0 unspecified atom stereocenters. The number of thiazole rings is 1. The van der Waals surface area contributed by atoms with Crippen molar-refractivity contribution in [3.8, 4) is 10.6 Å². The van der Waals surface area contributed by atoms with Gasteiger partial charge in [0.25, 0.3) is 11.6 Å². The lowest BCUT2D eigenvalue weighted by atomic mass is 10.2. The molecule has 0 spiro atoms. The average molecular weight is 390 g/mol. The molecule has 6 nitrogen and oxygen atoms in total. The molecule has 0 radical (unpaired) electrons. The number of hydrogen-bond donors (Lipinski definition) is 1. The predicted octanol–water partition coefficient (Wildman–Crippen LogP) is 4.63. The molecule has 0 aliphatic carbocycles. The summed E-state index contributed by atoms with van der Waals surface area (Å²) in [5.74, 6) is -1.000. The molecule has 4 rings (SSSR count). The maximum Gasteiger partial charge on any atom is 0.453 e. The highest BCUT2D eigenvalue weighted by atomic mass is 32.1. The summed E-state index contributed by atoms with van der Waals surface area (Å²) in [6, 6.07) is 9.08. The maximum atomic E-state index is 12.9. The van der Waals surface area contributed by atoms with Gasteiger partial charge in [0.2, 0.25) is 0 Å². The van der Waals surface area contributed by atoms with E-state index >= 15 is 0 Å². The van der Waals surface area contributed by atoms with Gasteiger partial charge in [-0.3, -0.25) is 0 Å². The second-order valence-electron chi connectivity index (χ2n) is 5.93. The van der Waals surface area contributed by atoms with Crippen LogP contribution in [-0.2, 0) is 6.18 Å². The summed E-state index contributed by atoms with van der Waals surface area (Å²) in [7, 11) is 0. The van der Waals surface area contributed by atoms with Crippen molar-refractivity contribution < 1.29 is 13.2 Å². The van der Waals surface area contributed by atoms with E-state index in [0.717, 1.165) is 20.8 Å². The topological polar surface area (TPSA) is 68.0 Å². The molecule has 0 saturated heterocycles. The van der Waals surface area contributed by atoms with E-state index in [2.05, 4.69) is 25.4 Å². The Morgan fingerprint density at radius 3 is 2.56 bits per heavy atom. The molecule has 1 N–H and O–H groups in total. The number of benzene rings is 1. The van der Waals surface area contributed by atoms with Gasteiger partial charge in [-0.2, -0.15) is 22.7 Å². The first-order chi connectivity index (χ1) is 12.8. The van der Waals surface area contributed by atoms with Crippen LogP contribution in [0, 0.1) is 13.8 Å². The number of aromatic nitrogens is 5. The molecule has 0 bridgehead atoms. The third kappa shape index (κ3) is 3.47. The Labute approximate surface area is 155 Å². The third-order valence-electron chi connectivity index (χ3n) is 3.69. The van der Waals surface area contributed by atoms with Crippen LogP contribution < -0.4 is 5.32 Å². The minimum Gasteiger partial charge on any atom is -0.340 e. The van der Waals surface area contributed by atoms with E-state index in [1.165, 1.54) is 11.3 Å². The monoisotopic (exact) mass is 390 g/mol. The van der Waals surface area contributed by atoms with Gasteiger partial charge in [0.15, 0.2) is 0 Å². The molecule has 27 heavy (non-hydrogen) atoms. The number of rotatable bonds is 3. The lowest BCUT2D eigenvalue weighted by molar-refractivity contribution is -0.144. The van der Waals surface area contributed by atoms with Crippen LogP contribution in [0.3, 0.4) is 0 Å². The van der Waals surface area contributed by atoms with E-state index in [1.807, 2.05) is 36.6 Å². The SMILES string of the molecule is Cc1csc(-c2cccc(Nc3cc(C)nc4nc(C(F)(F)F)nn34)c2)n1. The maximum absolute atomic E-state index is 12.9. The molecule has 0 atom stereocenters. The van der Waals surface area contributed by atoms with Crippen molar-refractivity contribution in [1.82, 2.24) is 24.6 Å². The van der Waals surface area contributed by atoms with E-state index < -0.39 is 12.0 Å². The van der Waals surface area contributed by atoms with Crippen LogP contribution in [-0.4, -0.2) is 24.6 Å². The highest BCUT2D eigenvalue weighted by Gasteiger charge is 2.36. The molecule has 10 heteroatoms. The molecule has 0 aliphatic heterocycles. The van der Waals surface area contributed by atoms with Gasteiger partial charge in [-0.25, -0.2) is 9.97 Å². The quantitative estimate of drug-likeness (QED) is 0.553. The Morgan fingerprint density at radius 1 is 1.04 bits per heavy atom. The van der Waals surface area contributed by atoms with Crippen LogP contribution in [0.15, 0.2) is 35.7 Å². The number of aryl methyl sites for hydroxylation is 2. The first-order valence-electron chi connectivity index (χ1n) is 7.91. The van der Waals surface area contributed by atoms with E-state index in [1.54, 1.807) is 13.0 Å². The normalized spacial score (nSPS) is 11.9. The molecule has 4 aromatic rings. The highest BCUT2D eigenvalue weighted by Crippen LogP contribution is 2.29. The van der Waals surface area contributed by atoms with Crippen LogP contribution in [0.1, 0.15) is 17.2 Å². The Bertz CT molecular complexity index is 1130. The first-order valence-corrected chi connectivity index (χ1v) is 8.79. The zero-order valence-corrected chi connectivity index (χ0v) is 15.1. The third-order valence-corrected chi connectivity index (χ3v) is 4.70. The van der Waals surface area contributed by atoms with Crippen LogP contribution in [0.2, 0.25) is 0 Å². The van der Waals surface area contributed by atoms with Crippen molar-refractivity contribution in [2.24, 2.45) is 0 Å². The number of hydrogen-bond acceptors (Lipinski definition) is 6. The largest absolute Gasteiger partial charge is 0.453 e. The van der Waals surface area contributed by atoms with E-state index in [4.69, 9.17) is 0 Å². The van der Waals surface area contributed by atoms with Gasteiger partial charge in [0.05, 0.1) is 0 Å². The Kier molecular flexibility index (Phi) is 4.06. The average Bonchev–Trinajstić information content (AvgIpc) is 3.21. The molecule has 0 saturated carbocycles. The van der Waals surface area contributed by atoms with Crippen molar-refractivity contribution in [2.45, 2.75) is 20.0 Å². The number of halogens is 3. The summed E-state index contributed by atoms with van der Waals surface area (Å²) >= 11 is 1.53. The second-order valence-corrected chi connectivity index (χ2v) is 6.79. The number of anilines is 2. The highest BCUT2D eigenvalue weighted by molar-refractivity contribution is 7.13. The molecular formula is C17H13F3N6S. The van der Waals surface area contributed by atoms with Gasteiger partial charge < -0.3 is 5.32 Å². The fourth-order valence-corrected chi connectivity index (χ4v) is 3.36. The number of nitrogens with one attached hydrogen (secondary N) is 1. The summed E-state index contributed by atoms with van der Waals surface area (Å²) in [6.45, 7) is 3.60. The molecule has 3 heterocycles. The van der Waals surface area contributed by atoms with Crippen LogP contribution >= 0.6 is 11.3 Å². The zero-order chi connectivity index (χ0) is 19.2. The van der Waals surface area contributed by atoms with Gasteiger partial charge in [0.1, 0.15) is 10.8 Å². The smallest absolute Gasteiger partial charge is 0.340 e. The van der Waals surface area contributed by atoms with E-state index in [9.17, 15) is 13.2 Å². The Morgan fingerprint density at radius 2 is 1.85 bits per heavy atom. The molecule has 138 valence electrons. The molecule has 0 amide bonds. The number of nitrogens with zero attached hydrogens (tertiary/aromatic N) is 5. The minimum absolute atomic E-state index is 0.114. The summed E-state index contributed by atoms with van der Waals surface area (Å²) < 4.78 is 39.9. The van der Waals surface area contributed by atoms with Crippen LogP contribution in [0.25, 0.3) is 16.3 Å². The standard InChI is InChI=1S/C17H13F3N6S/c1-9-6-13(26-16(22-9)24-15(25-26)17(18,19)20)23-12-5-3-4-11(7-12)14-21-10(2)8-27-14/h3-8,23H,1-2H3. The Balaban J connectivity index is 1.74. The van der Waals surface area contributed by atoms with Crippen molar-refractivity contribution in [2.75, 3.05) is 5.32 Å². The van der Waals surface area contributed by atoms with Crippen molar-refractivity contribution in [1.29, 1.82) is 0 Å². The van der Waals surface area contributed by atoms with Gasteiger partial charge >= 0.3 is 6.18 Å². The van der Waals surface area contributed by atoms with Crippen molar-refractivity contribution in [3.05, 3.63) is 52.9 Å². The minimum atomic E-state index is -4.64. The first kappa shape index (κ1) is 17.4. The van der Waals surface area contributed by atoms with Crippen LogP contribution in [0.5, 0.6) is 0 Å².